The molecule has 0 spiro atoms. The average molecular weight is 295 g/mol. The van der Waals surface area contributed by atoms with Crippen LogP contribution >= 0.6 is 11.6 Å². The number of aromatic nitrogens is 3. The van der Waals surface area contributed by atoms with Gasteiger partial charge in [0.15, 0.2) is 5.65 Å². The molecule has 20 heavy (non-hydrogen) atoms. The first-order valence-electron chi connectivity index (χ1n) is 6.85. The molecule has 0 N–H and O–H groups in total. The molecule has 6 heteroatoms. The maximum absolute atomic E-state index is 12.3. The van der Waals surface area contributed by atoms with Crippen LogP contribution < -0.4 is 0 Å². The van der Waals surface area contributed by atoms with Crippen LogP contribution in [0.3, 0.4) is 0 Å². The summed E-state index contributed by atoms with van der Waals surface area (Å²) in [6.45, 7) is 5.64. The van der Waals surface area contributed by atoms with Crippen molar-refractivity contribution in [3.63, 3.8) is 0 Å². The van der Waals surface area contributed by atoms with E-state index in [1.165, 1.54) is 0 Å². The first kappa shape index (κ1) is 14.8. The summed E-state index contributed by atoms with van der Waals surface area (Å²) in [7, 11) is 0. The fraction of sp³-hybridized carbons (Fsp3) is 0.500. The van der Waals surface area contributed by atoms with E-state index < -0.39 is 0 Å². The molecule has 0 aliphatic heterocycles. The average Bonchev–Trinajstić information content (AvgIpc) is 2.79. The normalized spacial score (nSPS) is 10.9. The molecule has 0 radical (unpaired) electrons. The SMILES string of the molecule is CCN(CC)C(=O)Cn1c(CCCl)nc2cccnc21. The molecule has 2 aromatic heterocycles. The maximum Gasteiger partial charge on any atom is 0.242 e. The van der Waals surface area contributed by atoms with Crippen molar-refractivity contribution in [2.24, 2.45) is 0 Å². The summed E-state index contributed by atoms with van der Waals surface area (Å²) < 4.78 is 1.87. The number of halogens is 1. The Morgan fingerprint density at radius 2 is 2.15 bits per heavy atom. The number of aryl methyl sites for hydroxylation is 1. The second-order valence-electron chi connectivity index (χ2n) is 4.47. The number of pyridine rings is 1. The number of hydrogen-bond donors (Lipinski definition) is 0. The predicted octanol–water partition coefficient (Wildman–Crippen LogP) is 2.08. The minimum atomic E-state index is 0.0794. The molecule has 0 unspecified atom stereocenters. The van der Waals surface area contributed by atoms with Crippen LogP contribution in [0.4, 0.5) is 0 Å². The summed E-state index contributed by atoms with van der Waals surface area (Å²) in [5.74, 6) is 1.37. The highest BCUT2D eigenvalue weighted by molar-refractivity contribution is 6.17. The Hall–Kier alpha value is -1.62. The molecule has 0 atom stereocenters. The summed E-state index contributed by atoms with van der Waals surface area (Å²) in [5.41, 5.74) is 1.55. The van der Waals surface area contributed by atoms with Gasteiger partial charge in [-0.05, 0) is 26.0 Å². The zero-order valence-electron chi connectivity index (χ0n) is 11.8. The Bertz CT molecular complexity index is 592. The van der Waals surface area contributed by atoms with E-state index in [2.05, 4.69) is 9.97 Å². The van der Waals surface area contributed by atoms with Crippen molar-refractivity contribution in [2.75, 3.05) is 19.0 Å². The predicted molar refractivity (Wildman–Crippen MR) is 79.9 cm³/mol. The van der Waals surface area contributed by atoms with Crippen LogP contribution in [-0.4, -0.2) is 44.3 Å². The van der Waals surface area contributed by atoms with Gasteiger partial charge in [0.25, 0.3) is 0 Å². The van der Waals surface area contributed by atoms with E-state index in [0.717, 1.165) is 17.0 Å². The number of carbonyl (C=O) groups excluding carboxylic acids is 1. The number of fused-ring (bicyclic) bond motifs is 1. The quantitative estimate of drug-likeness (QED) is 0.767. The smallest absolute Gasteiger partial charge is 0.242 e. The number of amides is 1. The number of rotatable bonds is 6. The van der Waals surface area contributed by atoms with Crippen molar-refractivity contribution < 1.29 is 4.79 Å². The molecule has 2 heterocycles. The van der Waals surface area contributed by atoms with Crippen LogP contribution in [0, 0.1) is 0 Å². The third-order valence-electron chi connectivity index (χ3n) is 3.31. The lowest BCUT2D eigenvalue weighted by molar-refractivity contribution is -0.131. The lowest BCUT2D eigenvalue weighted by Crippen LogP contribution is -2.33. The molecule has 0 bridgehead atoms. The topological polar surface area (TPSA) is 51.0 Å². The van der Waals surface area contributed by atoms with Gasteiger partial charge in [-0.3, -0.25) is 4.79 Å². The van der Waals surface area contributed by atoms with E-state index in [9.17, 15) is 4.79 Å². The van der Waals surface area contributed by atoms with Gasteiger partial charge in [0, 0.05) is 31.6 Å². The second-order valence-corrected chi connectivity index (χ2v) is 4.84. The van der Waals surface area contributed by atoms with E-state index in [-0.39, 0.29) is 12.5 Å². The van der Waals surface area contributed by atoms with Gasteiger partial charge < -0.3 is 9.47 Å². The summed E-state index contributed by atoms with van der Waals surface area (Å²) >= 11 is 5.82. The zero-order valence-corrected chi connectivity index (χ0v) is 12.6. The zero-order chi connectivity index (χ0) is 14.5. The monoisotopic (exact) mass is 294 g/mol. The Balaban J connectivity index is 2.36. The number of nitrogens with zero attached hydrogens (tertiary/aromatic N) is 4. The molecule has 5 nitrogen and oxygen atoms in total. The minimum Gasteiger partial charge on any atom is -0.342 e. The largest absolute Gasteiger partial charge is 0.342 e. The Labute approximate surface area is 123 Å². The highest BCUT2D eigenvalue weighted by atomic mass is 35.5. The molecular weight excluding hydrogens is 276 g/mol. The first-order valence-corrected chi connectivity index (χ1v) is 7.38. The highest BCUT2D eigenvalue weighted by Gasteiger charge is 2.16. The summed E-state index contributed by atoms with van der Waals surface area (Å²) in [6.07, 6.45) is 2.34. The molecule has 2 aromatic rings. The third kappa shape index (κ3) is 2.93. The number of likely N-dealkylation sites (N-methyl/N-ethyl adjacent to an activating group) is 1. The molecule has 0 saturated heterocycles. The second kappa shape index (κ2) is 6.70. The van der Waals surface area contributed by atoms with Crippen molar-refractivity contribution in [1.29, 1.82) is 0 Å². The van der Waals surface area contributed by atoms with E-state index in [1.54, 1.807) is 11.1 Å². The van der Waals surface area contributed by atoms with Crippen molar-refractivity contribution in [3.05, 3.63) is 24.2 Å². The molecule has 2 rings (SSSR count). The molecular formula is C14H19ClN4O. The van der Waals surface area contributed by atoms with Crippen LogP contribution in [0.5, 0.6) is 0 Å². The van der Waals surface area contributed by atoms with Crippen molar-refractivity contribution in [2.45, 2.75) is 26.8 Å². The minimum absolute atomic E-state index is 0.0794. The van der Waals surface area contributed by atoms with Gasteiger partial charge in [0.1, 0.15) is 17.9 Å². The molecule has 1 amide bonds. The van der Waals surface area contributed by atoms with Crippen LogP contribution in [0.25, 0.3) is 11.2 Å². The van der Waals surface area contributed by atoms with Gasteiger partial charge >= 0.3 is 0 Å². The Kier molecular flexibility index (Phi) is 4.95. The van der Waals surface area contributed by atoms with Gasteiger partial charge in [-0.15, -0.1) is 11.6 Å². The van der Waals surface area contributed by atoms with E-state index in [4.69, 9.17) is 11.6 Å². The number of carbonyl (C=O) groups is 1. The molecule has 0 fully saturated rings. The molecule has 0 aliphatic carbocycles. The summed E-state index contributed by atoms with van der Waals surface area (Å²) in [5, 5.41) is 0. The number of hydrogen-bond acceptors (Lipinski definition) is 3. The van der Waals surface area contributed by atoms with E-state index >= 15 is 0 Å². The Morgan fingerprint density at radius 3 is 2.80 bits per heavy atom. The fourth-order valence-corrected chi connectivity index (χ4v) is 2.43. The molecule has 0 aliphatic rings. The van der Waals surface area contributed by atoms with E-state index in [1.807, 2.05) is 30.5 Å². The molecule has 0 aromatic carbocycles. The van der Waals surface area contributed by atoms with Crippen LogP contribution in [0.15, 0.2) is 18.3 Å². The fourth-order valence-electron chi connectivity index (χ4n) is 2.26. The molecule has 0 saturated carbocycles. The van der Waals surface area contributed by atoms with Gasteiger partial charge in [-0.1, -0.05) is 0 Å². The number of imidazole rings is 1. The van der Waals surface area contributed by atoms with Crippen molar-refractivity contribution in [3.8, 4) is 0 Å². The number of alkyl halides is 1. The van der Waals surface area contributed by atoms with Gasteiger partial charge in [-0.25, -0.2) is 9.97 Å². The third-order valence-corrected chi connectivity index (χ3v) is 3.50. The van der Waals surface area contributed by atoms with Crippen LogP contribution in [-0.2, 0) is 17.8 Å². The highest BCUT2D eigenvalue weighted by Crippen LogP contribution is 2.15. The Morgan fingerprint density at radius 1 is 1.40 bits per heavy atom. The standard InChI is InChI=1S/C14H19ClN4O/c1-3-18(4-2)13(20)10-19-12(7-8-15)17-11-6-5-9-16-14(11)19/h5-6,9H,3-4,7-8,10H2,1-2H3. The lowest BCUT2D eigenvalue weighted by atomic mass is 10.4. The van der Waals surface area contributed by atoms with E-state index in [0.29, 0.717) is 25.4 Å². The lowest BCUT2D eigenvalue weighted by Gasteiger charge is -2.19. The summed E-state index contributed by atoms with van der Waals surface area (Å²) in [4.78, 5) is 22.9. The van der Waals surface area contributed by atoms with Gasteiger partial charge in [0.05, 0.1) is 0 Å². The van der Waals surface area contributed by atoms with Crippen LogP contribution in [0.2, 0.25) is 0 Å². The maximum atomic E-state index is 12.3. The first-order chi connectivity index (χ1) is 9.71. The van der Waals surface area contributed by atoms with Gasteiger partial charge in [0.2, 0.25) is 5.91 Å². The van der Waals surface area contributed by atoms with Crippen molar-refractivity contribution in [1.82, 2.24) is 19.4 Å². The van der Waals surface area contributed by atoms with Crippen LogP contribution in [0.1, 0.15) is 19.7 Å². The van der Waals surface area contributed by atoms with Gasteiger partial charge in [-0.2, -0.15) is 0 Å². The molecule has 108 valence electrons. The summed E-state index contributed by atoms with van der Waals surface area (Å²) in [6, 6.07) is 3.74. The van der Waals surface area contributed by atoms with Crippen molar-refractivity contribution >= 4 is 28.7 Å².